The van der Waals surface area contributed by atoms with Crippen molar-refractivity contribution in [3.05, 3.63) is 35.4 Å². The van der Waals surface area contributed by atoms with E-state index in [4.69, 9.17) is 0 Å². The molecule has 0 heterocycles. The van der Waals surface area contributed by atoms with E-state index in [1.165, 1.54) is 31.0 Å². The Morgan fingerprint density at radius 2 is 1.90 bits per heavy atom. The molecule has 0 amide bonds. The number of rotatable bonds is 5. The Kier molecular flexibility index (Phi) is 5.53. The summed E-state index contributed by atoms with van der Waals surface area (Å²) in [7, 11) is 0. The van der Waals surface area contributed by atoms with Crippen LogP contribution in [0.2, 0.25) is 0 Å². The van der Waals surface area contributed by atoms with Gasteiger partial charge in [0.05, 0.1) is 0 Å². The fraction of sp³-hybridized carbons (Fsp3) is 0.647. The molecule has 1 nitrogen and oxygen atoms in total. The van der Waals surface area contributed by atoms with Gasteiger partial charge in [-0.1, -0.05) is 39.2 Å². The van der Waals surface area contributed by atoms with Gasteiger partial charge in [-0.05, 0) is 43.4 Å². The molecular weight excluding hydrogens is 256 g/mol. The van der Waals surface area contributed by atoms with E-state index in [9.17, 15) is 8.78 Å². The largest absolute Gasteiger partial charge is 0.310 e. The number of benzene rings is 1. The molecule has 20 heavy (non-hydrogen) atoms. The number of hydrogen-bond donors (Lipinski definition) is 1. The molecule has 1 N–H and O–H groups in total. The first-order chi connectivity index (χ1) is 9.67. The van der Waals surface area contributed by atoms with Crippen molar-refractivity contribution >= 4 is 0 Å². The Balaban J connectivity index is 2.26. The van der Waals surface area contributed by atoms with Crippen molar-refractivity contribution < 1.29 is 8.78 Å². The third kappa shape index (κ3) is 3.38. The van der Waals surface area contributed by atoms with E-state index in [2.05, 4.69) is 12.2 Å². The molecule has 1 saturated carbocycles. The SMILES string of the molecule is CCNC(c1c(F)cccc1F)C1CCCC(CC)C1. The smallest absolute Gasteiger partial charge is 0.130 e. The monoisotopic (exact) mass is 281 g/mol. The molecule has 0 bridgehead atoms. The fourth-order valence-corrected chi connectivity index (χ4v) is 3.54. The molecule has 1 aliphatic rings. The Hall–Kier alpha value is -0.960. The van der Waals surface area contributed by atoms with Crippen LogP contribution >= 0.6 is 0 Å². The molecular formula is C17H25F2N. The topological polar surface area (TPSA) is 12.0 Å². The second-order valence-electron chi connectivity index (χ2n) is 5.87. The van der Waals surface area contributed by atoms with Crippen molar-refractivity contribution in [2.24, 2.45) is 11.8 Å². The van der Waals surface area contributed by atoms with E-state index in [0.29, 0.717) is 11.8 Å². The molecule has 1 aromatic carbocycles. The summed E-state index contributed by atoms with van der Waals surface area (Å²) in [6.07, 6.45) is 5.71. The predicted molar refractivity (Wildman–Crippen MR) is 78.5 cm³/mol. The first-order valence-corrected chi connectivity index (χ1v) is 7.84. The van der Waals surface area contributed by atoms with E-state index in [1.807, 2.05) is 6.92 Å². The van der Waals surface area contributed by atoms with Gasteiger partial charge in [0.2, 0.25) is 0 Å². The highest BCUT2D eigenvalue weighted by Crippen LogP contribution is 2.39. The van der Waals surface area contributed by atoms with Gasteiger partial charge in [0, 0.05) is 11.6 Å². The van der Waals surface area contributed by atoms with E-state index < -0.39 is 11.6 Å². The fourth-order valence-electron chi connectivity index (χ4n) is 3.54. The summed E-state index contributed by atoms with van der Waals surface area (Å²) in [5, 5.41) is 3.31. The molecule has 3 heteroatoms. The zero-order chi connectivity index (χ0) is 14.5. The van der Waals surface area contributed by atoms with Crippen LogP contribution in [0.5, 0.6) is 0 Å². The molecule has 1 fully saturated rings. The van der Waals surface area contributed by atoms with Crippen LogP contribution < -0.4 is 5.32 Å². The van der Waals surface area contributed by atoms with Gasteiger partial charge in [-0.2, -0.15) is 0 Å². The van der Waals surface area contributed by atoms with Gasteiger partial charge in [0.15, 0.2) is 0 Å². The molecule has 1 aromatic rings. The lowest BCUT2D eigenvalue weighted by atomic mass is 9.75. The van der Waals surface area contributed by atoms with Gasteiger partial charge in [0.25, 0.3) is 0 Å². The summed E-state index contributed by atoms with van der Waals surface area (Å²) in [5.74, 6) is 0.189. The first kappa shape index (κ1) is 15.4. The van der Waals surface area contributed by atoms with Gasteiger partial charge in [-0.3, -0.25) is 0 Å². The average Bonchev–Trinajstić information content (AvgIpc) is 2.46. The number of hydrogen-bond acceptors (Lipinski definition) is 1. The lowest BCUT2D eigenvalue weighted by Gasteiger charge is -2.35. The van der Waals surface area contributed by atoms with Crippen molar-refractivity contribution in [3.63, 3.8) is 0 Å². The quantitative estimate of drug-likeness (QED) is 0.815. The highest BCUT2D eigenvalue weighted by atomic mass is 19.1. The van der Waals surface area contributed by atoms with Crippen LogP contribution in [-0.2, 0) is 0 Å². The minimum Gasteiger partial charge on any atom is -0.310 e. The van der Waals surface area contributed by atoms with Gasteiger partial charge >= 0.3 is 0 Å². The molecule has 0 saturated heterocycles. The second-order valence-corrected chi connectivity index (χ2v) is 5.87. The maximum absolute atomic E-state index is 14.1. The third-order valence-electron chi connectivity index (χ3n) is 4.61. The van der Waals surface area contributed by atoms with E-state index in [1.54, 1.807) is 0 Å². The lowest BCUT2D eigenvalue weighted by molar-refractivity contribution is 0.205. The summed E-state index contributed by atoms with van der Waals surface area (Å²) in [5.41, 5.74) is 0.233. The zero-order valence-corrected chi connectivity index (χ0v) is 12.5. The number of halogens is 2. The standard InChI is InChI=1S/C17H25F2N/c1-3-12-7-5-8-13(11-12)17(20-4-2)16-14(18)9-6-10-15(16)19/h6,9-10,12-13,17,20H,3-5,7-8,11H2,1-2H3. The minimum absolute atomic E-state index is 0.199. The van der Waals surface area contributed by atoms with Gasteiger partial charge in [0.1, 0.15) is 11.6 Å². The third-order valence-corrected chi connectivity index (χ3v) is 4.61. The molecule has 3 unspecified atom stereocenters. The summed E-state index contributed by atoms with van der Waals surface area (Å²) in [6, 6.07) is 3.97. The number of nitrogens with one attached hydrogen (secondary N) is 1. The van der Waals surface area contributed by atoms with Crippen LogP contribution in [0.15, 0.2) is 18.2 Å². The molecule has 0 aliphatic heterocycles. The van der Waals surface area contributed by atoms with Gasteiger partial charge in [-0.15, -0.1) is 0 Å². The highest BCUT2D eigenvalue weighted by Gasteiger charge is 2.31. The van der Waals surface area contributed by atoms with Crippen LogP contribution in [0.4, 0.5) is 8.78 Å². The predicted octanol–water partition coefficient (Wildman–Crippen LogP) is 4.83. The highest BCUT2D eigenvalue weighted by molar-refractivity contribution is 5.24. The maximum atomic E-state index is 14.1. The first-order valence-electron chi connectivity index (χ1n) is 7.84. The Morgan fingerprint density at radius 1 is 1.20 bits per heavy atom. The van der Waals surface area contributed by atoms with Crippen LogP contribution in [0.25, 0.3) is 0 Å². The zero-order valence-electron chi connectivity index (χ0n) is 12.5. The lowest BCUT2D eigenvalue weighted by Crippen LogP contribution is -2.33. The van der Waals surface area contributed by atoms with Crippen LogP contribution in [0, 0.1) is 23.5 Å². The molecule has 0 radical (unpaired) electrons. The Bertz CT molecular complexity index is 413. The molecule has 112 valence electrons. The van der Waals surface area contributed by atoms with Crippen molar-refractivity contribution in [3.8, 4) is 0 Å². The maximum Gasteiger partial charge on any atom is 0.130 e. The van der Waals surface area contributed by atoms with Crippen LogP contribution in [-0.4, -0.2) is 6.54 Å². The van der Waals surface area contributed by atoms with Crippen LogP contribution in [0.3, 0.4) is 0 Å². The van der Waals surface area contributed by atoms with Crippen molar-refractivity contribution in [2.45, 2.75) is 52.0 Å². The summed E-state index contributed by atoms with van der Waals surface area (Å²) in [4.78, 5) is 0. The van der Waals surface area contributed by atoms with E-state index in [-0.39, 0.29) is 11.6 Å². The minimum atomic E-state index is -0.422. The average molecular weight is 281 g/mol. The molecule has 3 atom stereocenters. The Labute approximate surface area is 120 Å². The Morgan fingerprint density at radius 3 is 2.50 bits per heavy atom. The molecule has 0 aromatic heterocycles. The summed E-state index contributed by atoms with van der Waals surface area (Å²) >= 11 is 0. The summed E-state index contributed by atoms with van der Waals surface area (Å²) < 4.78 is 28.2. The van der Waals surface area contributed by atoms with Crippen molar-refractivity contribution in [1.29, 1.82) is 0 Å². The summed E-state index contributed by atoms with van der Waals surface area (Å²) in [6.45, 7) is 4.93. The van der Waals surface area contributed by atoms with Crippen molar-refractivity contribution in [1.82, 2.24) is 5.32 Å². The normalized spacial score (nSPS) is 24.6. The van der Waals surface area contributed by atoms with Gasteiger partial charge < -0.3 is 5.32 Å². The second kappa shape index (κ2) is 7.16. The van der Waals surface area contributed by atoms with Crippen molar-refractivity contribution in [2.75, 3.05) is 6.54 Å². The van der Waals surface area contributed by atoms with Gasteiger partial charge in [-0.25, -0.2) is 8.78 Å². The molecule has 2 rings (SSSR count). The van der Waals surface area contributed by atoms with E-state index in [0.717, 1.165) is 25.8 Å². The molecule has 0 spiro atoms. The molecule has 1 aliphatic carbocycles. The van der Waals surface area contributed by atoms with Crippen LogP contribution in [0.1, 0.15) is 57.6 Å². The van der Waals surface area contributed by atoms with E-state index >= 15 is 0 Å².